The van der Waals surface area contributed by atoms with E-state index in [-0.39, 0.29) is 18.1 Å². The Hall–Kier alpha value is -1.80. The van der Waals surface area contributed by atoms with Gasteiger partial charge in [0, 0.05) is 31.2 Å². The fraction of sp³-hybridized carbons (Fsp3) is 0.600. The van der Waals surface area contributed by atoms with E-state index in [0.29, 0.717) is 5.88 Å². The summed E-state index contributed by atoms with van der Waals surface area (Å²) in [5.41, 5.74) is 6.84. The van der Waals surface area contributed by atoms with Gasteiger partial charge in [0.15, 0.2) is 0 Å². The average molecular weight is 272 g/mol. The highest BCUT2D eigenvalue weighted by Gasteiger charge is 2.29. The van der Waals surface area contributed by atoms with Crippen molar-refractivity contribution >= 4 is 5.69 Å². The van der Waals surface area contributed by atoms with Gasteiger partial charge in [-0.25, -0.2) is 4.98 Å². The van der Waals surface area contributed by atoms with Gasteiger partial charge in [-0.05, 0) is 37.8 Å². The van der Waals surface area contributed by atoms with Crippen LogP contribution >= 0.6 is 0 Å². The van der Waals surface area contributed by atoms with Crippen LogP contribution in [-0.4, -0.2) is 30.2 Å². The van der Waals surface area contributed by atoms with Gasteiger partial charge in [-0.1, -0.05) is 0 Å². The van der Waals surface area contributed by atoms with Crippen LogP contribution in [0.25, 0.3) is 0 Å². The van der Waals surface area contributed by atoms with Gasteiger partial charge >= 0.3 is 0 Å². The molecule has 0 radical (unpaired) electrons. The number of anilines is 1. The zero-order valence-corrected chi connectivity index (χ0v) is 11.5. The molecule has 2 aliphatic rings. The summed E-state index contributed by atoms with van der Waals surface area (Å²) in [6.45, 7) is 1.79. The van der Waals surface area contributed by atoms with Crippen molar-refractivity contribution < 1.29 is 4.74 Å². The van der Waals surface area contributed by atoms with Crippen LogP contribution in [0.2, 0.25) is 0 Å². The molecule has 0 amide bonds. The molecule has 106 valence electrons. The monoisotopic (exact) mass is 272 g/mol. The molecule has 5 heteroatoms. The first-order valence-electron chi connectivity index (χ1n) is 7.28. The smallest absolute Gasteiger partial charge is 0.237 e. The number of hydrogen-bond donors (Lipinski definition) is 1. The Balaban J connectivity index is 1.68. The van der Waals surface area contributed by atoms with Crippen molar-refractivity contribution in [1.29, 1.82) is 5.26 Å². The lowest BCUT2D eigenvalue weighted by atomic mass is 9.90. The van der Waals surface area contributed by atoms with Crippen molar-refractivity contribution in [2.45, 2.75) is 37.8 Å². The molecule has 1 aliphatic heterocycles. The molecule has 0 atom stereocenters. The number of nitrogens with zero attached hydrogens (tertiary/aromatic N) is 3. The van der Waals surface area contributed by atoms with Crippen molar-refractivity contribution in [2.75, 3.05) is 18.0 Å². The molecule has 0 bridgehead atoms. The third-order valence-corrected chi connectivity index (χ3v) is 4.18. The highest BCUT2D eigenvalue weighted by molar-refractivity contribution is 5.55. The maximum absolute atomic E-state index is 8.97. The van der Waals surface area contributed by atoms with E-state index in [1.165, 1.54) is 0 Å². The van der Waals surface area contributed by atoms with Crippen LogP contribution < -0.4 is 15.4 Å². The molecule has 1 aromatic rings. The number of nitriles is 1. The quantitative estimate of drug-likeness (QED) is 0.906. The number of rotatable bonds is 3. The first-order chi connectivity index (χ1) is 9.76. The molecule has 20 heavy (non-hydrogen) atoms. The molecule has 3 rings (SSSR count). The Labute approximate surface area is 119 Å². The van der Waals surface area contributed by atoms with Crippen molar-refractivity contribution in [3.8, 4) is 11.9 Å². The summed E-state index contributed by atoms with van der Waals surface area (Å²) in [5.74, 6) is 0.900. The fourth-order valence-electron chi connectivity index (χ4n) is 2.82. The van der Waals surface area contributed by atoms with Crippen molar-refractivity contribution in [3.05, 3.63) is 18.3 Å². The third-order valence-electron chi connectivity index (χ3n) is 4.18. The minimum atomic E-state index is 0.192. The molecule has 0 unspecified atom stereocenters. The second kappa shape index (κ2) is 5.68. The number of hydrogen-bond acceptors (Lipinski definition) is 5. The van der Waals surface area contributed by atoms with Gasteiger partial charge < -0.3 is 15.4 Å². The van der Waals surface area contributed by atoms with Crippen molar-refractivity contribution in [2.24, 2.45) is 11.7 Å². The fourth-order valence-corrected chi connectivity index (χ4v) is 2.82. The highest BCUT2D eigenvalue weighted by Crippen LogP contribution is 2.32. The lowest BCUT2D eigenvalue weighted by Crippen LogP contribution is -2.43. The normalized spacial score (nSPS) is 26.7. The van der Waals surface area contributed by atoms with Crippen molar-refractivity contribution in [1.82, 2.24) is 4.98 Å². The van der Waals surface area contributed by atoms with E-state index >= 15 is 0 Å². The predicted molar refractivity (Wildman–Crippen MR) is 76.4 cm³/mol. The Bertz CT molecular complexity index is 499. The van der Waals surface area contributed by atoms with E-state index in [1.54, 1.807) is 6.20 Å². The molecule has 2 heterocycles. The van der Waals surface area contributed by atoms with Crippen LogP contribution in [0.4, 0.5) is 5.69 Å². The van der Waals surface area contributed by atoms with Gasteiger partial charge in [0.05, 0.1) is 11.8 Å². The van der Waals surface area contributed by atoms with Crippen LogP contribution in [0.15, 0.2) is 18.3 Å². The lowest BCUT2D eigenvalue weighted by Gasteiger charge is -2.35. The molecule has 1 saturated heterocycles. The van der Waals surface area contributed by atoms with Gasteiger partial charge in [0.25, 0.3) is 0 Å². The molecule has 5 nitrogen and oxygen atoms in total. The molecule has 0 aromatic carbocycles. The second-order valence-corrected chi connectivity index (χ2v) is 5.69. The summed E-state index contributed by atoms with van der Waals surface area (Å²) in [6.07, 6.45) is 5.62. The highest BCUT2D eigenvalue weighted by atomic mass is 16.5. The zero-order chi connectivity index (χ0) is 13.9. The Morgan fingerprint density at radius 3 is 2.75 bits per heavy atom. The van der Waals surface area contributed by atoms with E-state index in [0.717, 1.165) is 44.5 Å². The van der Waals surface area contributed by atoms with E-state index in [1.807, 2.05) is 12.1 Å². The van der Waals surface area contributed by atoms with E-state index in [4.69, 9.17) is 15.7 Å². The number of aromatic nitrogens is 1. The summed E-state index contributed by atoms with van der Waals surface area (Å²) >= 11 is 0. The molecule has 2 fully saturated rings. The van der Waals surface area contributed by atoms with Gasteiger partial charge in [-0.15, -0.1) is 0 Å². The van der Waals surface area contributed by atoms with Crippen LogP contribution in [0, 0.1) is 17.2 Å². The minimum Gasteiger partial charge on any atom is -0.473 e. The van der Waals surface area contributed by atoms with Crippen LogP contribution in [-0.2, 0) is 0 Å². The molecular weight excluding hydrogens is 252 g/mol. The zero-order valence-electron chi connectivity index (χ0n) is 11.5. The predicted octanol–water partition coefficient (Wildman–Crippen LogP) is 1.69. The van der Waals surface area contributed by atoms with Gasteiger partial charge in [-0.3, -0.25) is 0 Å². The topological polar surface area (TPSA) is 75.2 Å². The van der Waals surface area contributed by atoms with Crippen LogP contribution in [0.5, 0.6) is 5.88 Å². The van der Waals surface area contributed by atoms with Crippen LogP contribution in [0.3, 0.4) is 0 Å². The largest absolute Gasteiger partial charge is 0.473 e. The Morgan fingerprint density at radius 1 is 1.35 bits per heavy atom. The summed E-state index contributed by atoms with van der Waals surface area (Å²) in [7, 11) is 0. The maximum Gasteiger partial charge on any atom is 0.237 e. The maximum atomic E-state index is 8.97. The number of piperidine rings is 1. The van der Waals surface area contributed by atoms with Gasteiger partial charge in [0.1, 0.15) is 6.10 Å². The summed E-state index contributed by atoms with van der Waals surface area (Å²) in [5, 5.41) is 8.97. The third kappa shape index (κ3) is 2.70. The molecule has 1 aliphatic carbocycles. The van der Waals surface area contributed by atoms with Crippen LogP contribution in [0.1, 0.15) is 25.7 Å². The standard InChI is InChI=1S/C15H20N4O/c16-10-11-3-6-19(7-4-11)14-2-1-5-18-15(14)20-13-8-12(17)9-13/h1-2,5,11-13H,3-4,6-9,17H2/t12-,13-. The lowest BCUT2D eigenvalue weighted by molar-refractivity contribution is 0.0962. The van der Waals surface area contributed by atoms with Gasteiger partial charge in [0.2, 0.25) is 5.88 Å². The first-order valence-corrected chi connectivity index (χ1v) is 7.28. The molecular formula is C15H20N4O. The number of ether oxygens (including phenoxy) is 1. The Morgan fingerprint density at radius 2 is 2.10 bits per heavy atom. The molecule has 2 N–H and O–H groups in total. The summed E-state index contributed by atoms with van der Waals surface area (Å²) in [4.78, 5) is 6.64. The van der Waals surface area contributed by atoms with Gasteiger partial charge in [-0.2, -0.15) is 5.26 Å². The average Bonchev–Trinajstić information content (AvgIpc) is 2.46. The molecule has 0 spiro atoms. The number of nitrogens with two attached hydrogens (primary N) is 1. The molecule has 1 saturated carbocycles. The SMILES string of the molecule is N#CC1CCN(c2cccnc2O[C@H]2C[C@H](N)C2)CC1. The van der Waals surface area contributed by atoms with E-state index < -0.39 is 0 Å². The van der Waals surface area contributed by atoms with E-state index in [2.05, 4.69) is 16.0 Å². The minimum absolute atomic E-state index is 0.192. The Kier molecular flexibility index (Phi) is 3.75. The molecule has 1 aromatic heterocycles. The summed E-state index contributed by atoms with van der Waals surface area (Å²) < 4.78 is 5.96. The first kappa shape index (κ1) is 13.2. The summed E-state index contributed by atoms with van der Waals surface area (Å²) in [6, 6.07) is 6.62. The number of pyridine rings is 1. The second-order valence-electron chi connectivity index (χ2n) is 5.69. The van der Waals surface area contributed by atoms with E-state index in [9.17, 15) is 0 Å². The van der Waals surface area contributed by atoms with Crippen molar-refractivity contribution in [3.63, 3.8) is 0 Å².